The van der Waals surface area contributed by atoms with Gasteiger partial charge in [-0.3, -0.25) is 4.79 Å². The molecule has 0 saturated carbocycles. The van der Waals surface area contributed by atoms with E-state index in [4.69, 9.17) is 0 Å². The Labute approximate surface area is 70.9 Å². The SMILES string of the molecule is NC(=O)OC(=O)NOC(=O)C(N)=O. The quantitative estimate of drug-likeness (QED) is 0.223. The van der Waals surface area contributed by atoms with Gasteiger partial charge in [0.25, 0.3) is 0 Å². The summed E-state index contributed by atoms with van der Waals surface area (Å²) in [4.78, 5) is 44.2. The number of nitrogens with two attached hydrogens (primary N) is 2. The third kappa shape index (κ3) is 5.01. The summed E-state index contributed by atoms with van der Waals surface area (Å²) in [6.45, 7) is 0. The number of hydroxylamine groups is 1. The lowest BCUT2D eigenvalue weighted by molar-refractivity contribution is -0.157. The lowest BCUT2D eigenvalue weighted by Gasteiger charge is -2.01. The molecule has 0 rings (SSSR count). The number of nitrogens with one attached hydrogen (secondary N) is 1. The zero-order chi connectivity index (χ0) is 10.4. The number of primary amides is 2. The van der Waals surface area contributed by atoms with Crippen LogP contribution in [0.25, 0.3) is 0 Å². The van der Waals surface area contributed by atoms with Crippen LogP contribution >= 0.6 is 0 Å². The number of carbonyl (C=O) groups excluding carboxylic acids is 4. The Morgan fingerprint density at radius 2 is 1.62 bits per heavy atom. The molecule has 3 amide bonds. The maximum Gasteiger partial charge on any atom is 0.449 e. The average Bonchev–Trinajstić information content (AvgIpc) is 1.98. The van der Waals surface area contributed by atoms with E-state index >= 15 is 0 Å². The fourth-order valence-corrected chi connectivity index (χ4v) is 0.251. The Bertz CT molecular complexity index is 261. The second-order valence-corrected chi connectivity index (χ2v) is 1.56. The van der Waals surface area contributed by atoms with Gasteiger partial charge in [-0.15, -0.1) is 5.48 Å². The number of hydrogen-bond acceptors (Lipinski definition) is 6. The van der Waals surface area contributed by atoms with E-state index in [-0.39, 0.29) is 0 Å². The van der Waals surface area contributed by atoms with Gasteiger partial charge in [0.15, 0.2) is 0 Å². The molecule has 0 aliphatic rings. The topological polar surface area (TPSA) is 151 Å². The summed E-state index contributed by atoms with van der Waals surface area (Å²) in [5, 5.41) is 0. The van der Waals surface area contributed by atoms with Gasteiger partial charge in [0.05, 0.1) is 0 Å². The maximum atomic E-state index is 10.3. The second-order valence-electron chi connectivity index (χ2n) is 1.56. The molecule has 0 bridgehead atoms. The first-order valence-electron chi connectivity index (χ1n) is 2.71. The van der Waals surface area contributed by atoms with Crippen molar-refractivity contribution in [1.29, 1.82) is 0 Å². The van der Waals surface area contributed by atoms with Gasteiger partial charge in [-0.25, -0.2) is 14.4 Å². The van der Waals surface area contributed by atoms with Crippen LogP contribution in [0.4, 0.5) is 9.59 Å². The number of amides is 3. The summed E-state index contributed by atoms with van der Waals surface area (Å²) in [6, 6.07) is 0. The highest BCUT2D eigenvalue weighted by Crippen LogP contribution is 1.78. The van der Waals surface area contributed by atoms with Crippen molar-refractivity contribution in [2.75, 3.05) is 0 Å². The predicted molar refractivity (Wildman–Crippen MR) is 34.5 cm³/mol. The van der Waals surface area contributed by atoms with Crippen molar-refractivity contribution in [3.8, 4) is 0 Å². The summed E-state index contributed by atoms with van der Waals surface area (Å²) in [6.07, 6.45) is -2.84. The van der Waals surface area contributed by atoms with Crippen molar-refractivity contribution < 1.29 is 28.8 Å². The van der Waals surface area contributed by atoms with Crippen LogP contribution in [0.5, 0.6) is 0 Å². The molecule has 72 valence electrons. The monoisotopic (exact) mass is 191 g/mol. The van der Waals surface area contributed by atoms with Crippen molar-refractivity contribution in [3.05, 3.63) is 0 Å². The summed E-state index contributed by atoms with van der Waals surface area (Å²) in [5.74, 6) is -2.93. The molecule has 0 heterocycles. The minimum absolute atomic E-state index is 1.28. The third-order valence-corrected chi connectivity index (χ3v) is 0.622. The smallest absolute Gasteiger partial charge is 0.360 e. The Morgan fingerprint density at radius 1 is 1.08 bits per heavy atom. The number of ether oxygens (including phenoxy) is 1. The molecule has 0 aliphatic carbocycles. The molecule has 0 spiro atoms. The maximum absolute atomic E-state index is 10.3. The highest BCUT2D eigenvalue weighted by molar-refractivity contribution is 6.31. The summed E-state index contributed by atoms with van der Waals surface area (Å²) in [5.41, 5.74) is 10.1. The first-order chi connectivity index (χ1) is 5.93. The fraction of sp³-hybridized carbons (Fsp3) is 0. The molecule has 0 saturated heterocycles. The largest absolute Gasteiger partial charge is 0.449 e. The summed E-state index contributed by atoms with van der Waals surface area (Å²) >= 11 is 0. The van der Waals surface area contributed by atoms with Gasteiger partial charge < -0.3 is 21.0 Å². The van der Waals surface area contributed by atoms with Crippen molar-refractivity contribution in [3.63, 3.8) is 0 Å². The molecule has 0 aliphatic heterocycles. The third-order valence-electron chi connectivity index (χ3n) is 0.622. The Kier molecular flexibility index (Phi) is 3.73. The normalized spacial score (nSPS) is 8.31. The molecular formula is C4H5N3O6. The van der Waals surface area contributed by atoms with Crippen LogP contribution < -0.4 is 16.9 Å². The summed E-state index contributed by atoms with van der Waals surface area (Å²) < 4.78 is 3.64. The molecule has 0 radical (unpaired) electrons. The standard InChI is InChI=1S/C4H5N3O6/c5-1(8)2(9)13-7-4(11)12-3(6)10/h(H2,5,8)(H2,6,10)(H,7,11). The fourth-order valence-electron chi connectivity index (χ4n) is 0.251. The number of rotatable bonds is 0. The Balaban J connectivity index is 3.77. The van der Waals surface area contributed by atoms with Crippen molar-refractivity contribution in [1.82, 2.24) is 5.48 Å². The van der Waals surface area contributed by atoms with E-state index in [0.29, 0.717) is 0 Å². The second kappa shape index (κ2) is 4.54. The highest BCUT2D eigenvalue weighted by Gasteiger charge is 2.14. The molecule has 0 aromatic rings. The molecule has 0 aromatic heterocycles. The number of hydrogen-bond donors (Lipinski definition) is 3. The molecule has 9 nitrogen and oxygen atoms in total. The molecule has 0 fully saturated rings. The van der Waals surface area contributed by atoms with E-state index < -0.39 is 24.1 Å². The Morgan fingerprint density at radius 3 is 2.00 bits per heavy atom. The van der Waals surface area contributed by atoms with Gasteiger partial charge in [-0.2, -0.15) is 0 Å². The van der Waals surface area contributed by atoms with Crippen molar-refractivity contribution in [2.45, 2.75) is 0 Å². The first-order valence-corrected chi connectivity index (χ1v) is 2.71. The van der Waals surface area contributed by atoms with Gasteiger partial charge in [-0.1, -0.05) is 0 Å². The van der Waals surface area contributed by atoms with Gasteiger partial charge in [0.1, 0.15) is 0 Å². The van der Waals surface area contributed by atoms with Crippen LogP contribution in [-0.4, -0.2) is 24.1 Å². The van der Waals surface area contributed by atoms with E-state index in [1.54, 1.807) is 0 Å². The summed E-state index contributed by atoms with van der Waals surface area (Å²) in [7, 11) is 0. The van der Waals surface area contributed by atoms with Gasteiger partial charge in [0, 0.05) is 0 Å². The molecule has 13 heavy (non-hydrogen) atoms. The minimum Gasteiger partial charge on any atom is -0.360 e. The van der Waals surface area contributed by atoms with E-state index in [1.807, 2.05) is 0 Å². The van der Waals surface area contributed by atoms with E-state index in [0.717, 1.165) is 0 Å². The molecular weight excluding hydrogens is 186 g/mol. The van der Waals surface area contributed by atoms with Crippen molar-refractivity contribution >= 4 is 24.1 Å². The minimum atomic E-state index is -1.51. The lowest BCUT2D eigenvalue weighted by atomic mass is 10.7. The van der Waals surface area contributed by atoms with Gasteiger partial charge in [0.2, 0.25) is 0 Å². The molecule has 9 heteroatoms. The predicted octanol–water partition coefficient (Wildman–Crippen LogP) is -2.27. The number of carbonyl (C=O) groups is 4. The Hall–Kier alpha value is -2.32. The zero-order valence-electron chi connectivity index (χ0n) is 6.10. The van der Waals surface area contributed by atoms with E-state index in [2.05, 4.69) is 21.0 Å². The molecule has 0 atom stereocenters. The van der Waals surface area contributed by atoms with E-state index in [9.17, 15) is 19.2 Å². The molecule has 0 unspecified atom stereocenters. The molecule has 5 N–H and O–H groups in total. The van der Waals surface area contributed by atoms with Gasteiger partial charge >= 0.3 is 24.1 Å². The molecule has 0 aromatic carbocycles. The highest BCUT2D eigenvalue weighted by atomic mass is 16.7. The van der Waals surface area contributed by atoms with Crippen LogP contribution in [0.3, 0.4) is 0 Å². The average molecular weight is 191 g/mol. The first kappa shape index (κ1) is 10.7. The van der Waals surface area contributed by atoms with Crippen molar-refractivity contribution in [2.24, 2.45) is 11.5 Å². The lowest BCUT2D eigenvalue weighted by Crippen LogP contribution is -2.36. The van der Waals surface area contributed by atoms with Crippen LogP contribution in [0.15, 0.2) is 0 Å². The van der Waals surface area contributed by atoms with Crippen LogP contribution in [0.1, 0.15) is 0 Å². The van der Waals surface area contributed by atoms with E-state index in [1.165, 1.54) is 5.48 Å². The van der Waals surface area contributed by atoms with Crippen LogP contribution in [-0.2, 0) is 19.2 Å². The van der Waals surface area contributed by atoms with Crippen LogP contribution in [0, 0.1) is 0 Å². The zero-order valence-corrected chi connectivity index (χ0v) is 6.10. The van der Waals surface area contributed by atoms with Gasteiger partial charge in [-0.05, 0) is 0 Å². The van der Waals surface area contributed by atoms with Crippen LogP contribution in [0.2, 0.25) is 0 Å².